The zero-order valence-corrected chi connectivity index (χ0v) is 24.4. The van der Waals surface area contributed by atoms with E-state index in [0.717, 1.165) is 29.0 Å². The first-order valence-corrected chi connectivity index (χ1v) is 14.8. The largest absolute Gasteiger partial charge is 0.434 e. The fourth-order valence-electron chi connectivity index (χ4n) is 4.61. The topological polar surface area (TPSA) is 102 Å². The van der Waals surface area contributed by atoms with Gasteiger partial charge in [0.2, 0.25) is 0 Å². The highest BCUT2D eigenvalue weighted by Crippen LogP contribution is 2.26. The minimum atomic E-state index is -0.983. The van der Waals surface area contributed by atoms with Gasteiger partial charge in [0.15, 0.2) is 6.10 Å². The quantitative estimate of drug-likeness (QED) is 0.240. The van der Waals surface area contributed by atoms with E-state index in [1.54, 1.807) is 24.1 Å². The number of para-hydroxylation sites is 1. The lowest BCUT2D eigenvalue weighted by Crippen LogP contribution is -2.52. The molecule has 0 spiro atoms. The molecule has 3 N–H and O–H groups in total. The molecule has 218 valence electrons. The monoisotopic (exact) mass is 577 g/mol. The molecule has 2 amide bonds. The SMILES string of the molecule is CCC(C)CN(CC(O)C(Cc1ccccc1)NC(=O)C1CN(c2ccccc2)C(=O)O1)Sc1ccc(CO)cc1. The molecule has 3 aromatic carbocycles. The molecule has 41 heavy (non-hydrogen) atoms. The molecule has 4 unspecified atom stereocenters. The first-order chi connectivity index (χ1) is 19.9. The zero-order valence-electron chi connectivity index (χ0n) is 23.6. The first-order valence-electron chi connectivity index (χ1n) is 14.0. The van der Waals surface area contributed by atoms with Gasteiger partial charge in [-0.15, -0.1) is 0 Å². The number of aliphatic hydroxyl groups excluding tert-OH is 2. The second-order valence-electron chi connectivity index (χ2n) is 10.4. The minimum Gasteiger partial charge on any atom is -0.434 e. The van der Waals surface area contributed by atoms with E-state index in [0.29, 0.717) is 24.6 Å². The third-order valence-electron chi connectivity index (χ3n) is 7.21. The summed E-state index contributed by atoms with van der Waals surface area (Å²) in [6.45, 7) is 5.46. The summed E-state index contributed by atoms with van der Waals surface area (Å²) in [7, 11) is 0. The van der Waals surface area contributed by atoms with Crippen molar-refractivity contribution in [1.29, 1.82) is 0 Å². The van der Waals surface area contributed by atoms with Crippen molar-refractivity contribution in [3.63, 3.8) is 0 Å². The molecule has 8 nitrogen and oxygen atoms in total. The van der Waals surface area contributed by atoms with E-state index in [4.69, 9.17) is 4.74 Å². The van der Waals surface area contributed by atoms with Crippen molar-refractivity contribution >= 4 is 29.6 Å². The molecule has 0 aliphatic carbocycles. The standard InChI is InChI=1S/C32H39N3O5S/c1-3-23(2)19-34(41-27-16-14-25(22-36)15-17-27)20-29(37)28(18-24-10-6-4-7-11-24)33-31(38)30-21-35(32(39)40-30)26-12-8-5-9-13-26/h4-17,23,28-30,36-37H,3,18-22H2,1-2H3,(H,33,38). The zero-order chi connectivity index (χ0) is 29.2. The van der Waals surface area contributed by atoms with Gasteiger partial charge in [-0.3, -0.25) is 9.69 Å². The molecule has 1 saturated heterocycles. The van der Waals surface area contributed by atoms with Crippen LogP contribution < -0.4 is 10.2 Å². The average molecular weight is 578 g/mol. The highest BCUT2D eigenvalue weighted by molar-refractivity contribution is 7.97. The molecule has 0 radical (unpaired) electrons. The number of aliphatic hydroxyl groups is 2. The Kier molecular flexibility index (Phi) is 11.2. The van der Waals surface area contributed by atoms with Gasteiger partial charge >= 0.3 is 6.09 Å². The summed E-state index contributed by atoms with van der Waals surface area (Å²) in [5, 5.41) is 23.9. The fraction of sp³-hybridized carbons (Fsp3) is 0.375. The molecular weight excluding hydrogens is 538 g/mol. The van der Waals surface area contributed by atoms with Crippen LogP contribution in [-0.2, 0) is 22.6 Å². The van der Waals surface area contributed by atoms with Gasteiger partial charge in [0.05, 0.1) is 25.3 Å². The fourth-order valence-corrected chi connectivity index (χ4v) is 5.72. The van der Waals surface area contributed by atoms with Gasteiger partial charge in [-0.25, -0.2) is 9.10 Å². The second kappa shape index (κ2) is 15.0. The van der Waals surface area contributed by atoms with Crippen LogP contribution in [0.4, 0.5) is 10.5 Å². The number of ether oxygens (including phenoxy) is 1. The van der Waals surface area contributed by atoms with Crippen LogP contribution in [0.15, 0.2) is 89.8 Å². The van der Waals surface area contributed by atoms with Gasteiger partial charge < -0.3 is 20.3 Å². The summed E-state index contributed by atoms with van der Waals surface area (Å²) < 4.78 is 7.56. The predicted octanol–water partition coefficient (Wildman–Crippen LogP) is 4.65. The smallest absolute Gasteiger partial charge is 0.415 e. The molecule has 0 saturated carbocycles. The maximum atomic E-state index is 13.4. The van der Waals surface area contributed by atoms with Crippen molar-refractivity contribution in [2.24, 2.45) is 5.92 Å². The molecule has 1 aliphatic heterocycles. The van der Waals surface area contributed by atoms with Crippen molar-refractivity contribution in [3.8, 4) is 0 Å². The maximum Gasteiger partial charge on any atom is 0.415 e. The van der Waals surface area contributed by atoms with Crippen LogP contribution in [0.25, 0.3) is 0 Å². The van der Waals surface area contributed by atoms with Crippen molar-refractivity contribution in [1.82, 2.24) is 9.62 Å². The van der Waals surface area contributed by atoms with E-state index in [9.17, 15) is 19.8 Å². The van der Waals surface area contributed by atoms with E-state index in [1.807, 2.05) is 72.8 Å². The van der Waals surface area contributed by atoms with Crippen LogP contribution in [0, 0.1) is 5.92 Å². The van der Waals surface area contributed by atoms with E-state index in [1.165, 1.54) is 4.90 Å². The lowest BCUT2D eigenvalue weighted by atomic mass is 10.0. The number of carbonyl (C=O) groups excluding carboxylic acids is 2. The van der Waals surface area contributed by atoms with Gasteiger partial charge in [0, 0.05) is 23.7 Å². The van der Waals surface area contributed by atoms with Gasteiger partial charge in [-0.2, -0.15) is 0 Å². The number of nitrogens with one attached hydrogen (secondary N) is 1. The highest BCUT2D eigenvalue weighted by atomic mass is 32.2. The van der Waals surface area contributed by atoms with Crippen molar-refractivity contribution in [3.05, 3.63) is 96.1 Å². The van der Waals surface area contributed by atoms with Crippen LogP contribution in [0.1, 0.15) is 31.4 Å². The summed E-state index contributed by atoms with van der Waals surface area (Å²) in [6, 6.07) is 25.9. The highest BCUT2D eigenvalue weighted by Gasteiger charge is 2.38. The Morgan fingerprint density at radius 2 is 1.68 bits per heavy atom. The molecule has 1 heterocycles. The Labute approximate surface area is 246 Å². The van der Waals surface area contributed by atoms with E-state index < -0.39 is 30.3 Å². The lowest BCUT2D eigenvalue weighted by Gasteiger charge is -2.31. The summed E-state index contributed by atoms with van der Waals surface area (Å²) in [4.78, 5) is 28.4. The molecule has 0 bridgehead atoms. The Bertz CT molecular complexity index is 1250. The number of cyclic esters (lactones) is 1. The Balaban J connectivity index is 1.48. The summed E-state index contributed by atoms with van der Waals surface area (Å²) in [5.41, 5.74) is 2.48. The minimum absolute atomic E-state index is 0.0134. The summed E-state index contributed by atoms with van der Waals surface area (Å²) in [6.07, 6.45) is -1.03. The van der Waals surface area contributed by atoms with Gasteiger partial charge in [0.1, 0.15) is 0 Å². The lowest BCUT2D eigenvalue weighted by molar-refractivity contribution is -0.129. The molecule has 4 rings (SSSR count). The third-order valence-corrected chi connectivity index (χ3v) is 8.25. The third kappa shape index (κ3) is 8.81. The number of carbonyl (C=O) groups is 2. The summed E-state index contributed by atoms with van der Waals surface area (Å²) >= 11 is 1.55. The van der Waals surface area contributed by atoms with Crippen LogP contribution in [0.3, 0.4) is 0 Å². The number of hydrogen-bond acceptors (Lipinski definition) is 7. The van der Waals surface area contributed by atoms with E-state index in [2.05, 4.69) is 23.5 Å². The van der Waals surface area contributed by atoms with Crippen LogP contribution in [0.2, 0.25) is 0 Å². The number of rotatable bonds is 14. The van der Waals surface area contributed by atoms with Crippen molar-refractivity contribution in [2.45, 2.75) is 56.4 Å². The molecule has 0 aromatic heterocycles. The molecule has 9 heteroatoms. The average Bonchev–Trinajstić information content (AvgIpc) is 3.39. The number of anilines is 1. The van der Waals surface area contributed by atoms with Gasteiger partial charge in [0.25, 0.3) is 5.91 Å². The first kappa shape index (κ1) is 30.6. The number of amides is 2. The Morgan fingerprint density at radius 3 is 2.32 bits per heavy atom. The number of nitrogens with zero attached hydrogens (tertiary/aromatic N) is 2. The van der Waals surface area contributed by atoms with Gasteiger partial charge in [-0.1, -0.05) is 80.9 Å². The normalized spacial score (nSPS) is 17.2. The molecular formula is C32H39N3O5S. The van der Waals surface area contributed by atoms with Gasteiger partial charge in [-0.05, 0) is 59.7 Å². The predicted molar refractivity (Wildman–Crippen MR) is 161 cm³/mol. The van der Waals surface area contributed by atoms with Crippen molar-refractivity contribution < 1.29 is 24.5 Å². The molecule has 4 atom stereocenters. The Hall–Kier alpha value is -3.37. The molecule has 1 aliphatic rings. The van der Waals surface area contributed by atoms with E-state index in [-0.39, 0.29) is 13.2 Å². The van der Waals surface area contributed by atoms with Crippen LogP contribution >= 0.6 is 11.9 Å². The molecule has 3 aromatic rings. The van der Waals surface area contributed by atoms with E-state index >= 15 is 0 Å². The molecule has 1 fully saturated rings. The summed E-state index contributed by atoms with van der Waals surface area (Å²) in [5.74, 6) is -0.0343. The number of hydrogen-bond donors (Lipinski definition) is 3. The van der Waals surface area contributed by atoms with Crippen LogP contribution in [-0.4, -0.2) is 64.4 Å². The second-order valence-corrected chi connectivity index (χ2v) is 11.6. The maximum absolute atomic E-state index is 13.4. The van der Waals surface area contributed by atoms with Crippen LogP contribution in [0.5, 0.6) is 0 Å². The number of benzene rings is 3. The Morgan fingerprint density at radius 1 is 1.02 bits per heavy atom. The van der Waals surface area contributed by atoms with Crippen molar-refractivity contribution in [2.75, 3.05) is 24.5 Å².